The topological polar surface area (TPSA) is 28.2 Å². The summed E-state index contributed by atoms with van der Waals surface area (Å²) in [5.74, 6) is 2.67. The lowest BCUT2D eigenvalue weighted by Gasteiger charge is -2.16. The Labute approximate surface area is 104 Å². The molecule has 1 rings (SSSR count). The van der Waals surface area contributed by atoms with E-state index in [2.05, 4.69) is 47.1 Å². The Balaban J connectivity index is 2.52. The maximum absolute atomic E-state index is 5.32. The Bertz CT molecular complexity index is 351. The van der Waals surface area contributed by atoms with Crippen molar-refractivity contribution in [2.75, 3.05) is 19.6 Å². The van der Waals surface area contributed by atoms with Crippen molar-refractivity contribution in [1.29, 1.82) is 0 Å². The van der Waals surface area contributed by atoms with Crippen molar-refractivity contribution in [3.63, 3.8) is 0 Å². The Hall–Kier alpha value is -1.37. The largest absolute Gasteiger partial charge is 0.313 e. The summed E-state index contributed by atoms with van der Waals surface area (Å²) in [6.07, 6.45) is 7.25. The molecule has 0 saturated heterocycles. The molecule has 3 heteroatoms. The predicted octanol–water partition coefficient (Wildman–Crippen LogP) is 1.65. The molecular formula is C14H21N3. The second-order valence-corrected chi connectivity index (χ2v) is 3.95. The van der Waals surface area contributed by atoms with Gasteiger partial charge in [0.05, 0.1) is 12.2 Å². The summed E-state index contributed by atoms with van der Waals surface area (Å²) in [6, 6.07) is 4.19. The molecule has 0 aliphatic heterocycles. The molecule has 0 amide bonds. The van der Waals surface area contributed by atoms with Crippen LogP contribution in [0.1, 0.15) is 25.1 Å². The number of nitrogens with one attached hydrogen (secondary N) is 1. The van der Waals surface area contributed by atoms with Crippen molar-refractivity contribution in [3.8, 4) is 12.3 Å². The maximum atomic E-state index is 5.32. The highest BCUT2D eigenvalue weighted by atomic mass is 15.1. The van der Waals surface area contributed by atoms with E-state index in [0.29, 0.717) is 6.54 Å². The van der Waals surface area contributed by atoms with E-state index in [1.54, 1.807) is 0 Å². The molecule has 1 aromatic heterocycles. The highest BCUT2D eigenvalue weighted by Gasteiger charge is 2.03. The van der Waals surface area contributed by atoms with Gasteiger partial charge in [-0.3, -0.25) is 9.88 Å². The van der Waals surface area contributed by atoms with E-state index < -0.39 is 0 Å². The van der Waals surface area contributed by atoms with E-state index in [0.717, 1.165) is 31.9 Å². The highest BCUT2D eigenvalue weighted by molar-refractivity contribution is 5.14. The highest BCUT2D eigenvalue weighted by Crippen LogP contribution is 2.03. The Morgan fingerprint density at radius 1 is 1.41 bits per heavy atom. The molecule has 1 aromatic rings. The summed E-state index contributed by atoms with van der Waals surface area (Å²) in [5.41, 5.74) is 2.29. The second-order valence-electron chi connectivity index (χ2n) is 3.95. The van der Waals surface area contributed by atoms with Gasteiger partial charge in [0.2, 0.25) is 0 Å². The van der Waals surface area contributed by atoms with Crippen LogP contribution in [0.4, 0.5) is 0 Å². The average Bonchev–Trinajstić information content (AvgIpc) is 2.37. The van der Waals surface area contributed by atoms with Gasteiger partial charge < -0.3 is 5.32 Å². The first-order valence-corrected chi connectivity index (χ1v) is 6.10. The summed E-state index contributed by atoms with van der Waals surface area (Å²) in [4.78, 5) is 6.64. The second kappa shape index (κ2) is 7.83. The van der Waals surface area contributed by atoms with E-state index >= 15 is 0 Å². The number of hydrogen-bond donors (Lipinski definition) is 1. The Morgan fingerprint density at radius 2 is 2.24 bits per heavy atom. The van der Waals surface area contributed by atoms with Crippen molar-refractivity contribution in [1.82, 2.24) is 15.2 Å². The van der Waals surface area contributed by atoms with Gasteiger partial charge in [-0.15, -0.1) is 6.42 Å². The molecule has 0 aromatic carbocycles. The molecule has 0 spiro atoms. The van der Waals surface area contributed by atoms with Crippen molar-refractivity contribution in [2.24, 2.45) is 0 Å². The minimum atomic E-state index is 0.678. The van der Waals surface area contributed by atoms with Gasteiger partial charge in [-0.2, -0.15) is 0 Å². The zero-order valence-corrected chi connectivity index (χ0v) is 10.7. The van der Waals surface area contributed by atoms with Crippen LogP contribution in [0.5, 0.6) is 0 Å². The van der Waals surface area contributed by atoms with Gasteiger partial charge in [0.1, 0.15) is 0 Å². The van der Waals surface area contributed by atoms with Crippen molar-refractivity contribution < 1.29 is 0 Å². The molecule has 0 radical (unpaired) electrons. The fourth-order valence-electron chi connectivity index (χ4n) is 1.56. The molecule has 1 heterocycles. The van der Waals surface area contributed by atoms with Gasteiger partial charge in [-0.25, -0.2) is 0 Å². The SMILES string of the molecule is C#CCN(CC)Cc1ccc(CNCC)cn1. The standard InChI is InChI=1S/C14H21N3/c1-4-9-17(6-3)12-14-8-7-13(11-16-14)10-15-5-2/h1,7-8,11,15H,5-6,9-10,12H2,2-3H3. The number of aromatic nitrogens is 1. The third-order valence-electron chi connectivity index (χ3n) is 2.61. The molecule has 17 heavy (non-hydrogen) atoms. The first-order chi connectivity index (χ1) is 8.30. The first kappa shape index (κ1) is 13.7. The molecule has 0 aliphatic rings. The molecule has 0 aliphatic carbocycles. The fraction of sp³-hybridized carbons (Fsp3) is 0.500. The Kier molecular flexibility index (Phi) is 6.31. The molecule has 0 unspecified atom stereocenters. The summed E-state index contributed by atoms with van der Waals surface area (Å²) in [7, 11) is 0. The van der Waals surface area contributed by atoms with Gasteiger partial charge >= 0.3 is 0 Å². The summed E-state index contributed by atoms with van der Waals surface area (Å²) < 4.78 is 0. The maximum Gasteiger partial charge on any atom is 0.0602 e. The average molecular weight is 231 g/mol. The van der Waals surface area contributed by atoms with E-state index in [1.165, 1.54) is 5.56 Å². The van der Waals surface area contributed by atoms with Gasteiger partial charge in [0, 0.05) is 19.3 Å². The molecule has 0 atom stereocenters. The smallest absolute Gasteiger partial charge is 0.0602 e. The third kappa shape index (κ3) is 4.99. The summed E-state index contributed by atoms with van der Waals surface area (Å²) in [5, 5.41) is 3.28. The quantitative estimate of drug-likeness (QED) is 0.723. The number of hydrogen-bond acceptors (Lipinski definition) is 3. The molecule has 0 fully saturated rings. The number of rotatable bonds is 7. The zero-order valence-electron chi connectivity index (χ0n) is 10.7. The minimum absolute atomic E-state index is 0.678. The van der Waals surface area contributed by atoms with Crippen LogP contribution in [0, 0.1) is 12.3 Å². The third-order valence-corrected chi connectivity index (χ3v) is 2.61. The summed E-state index contributed by atoms with van der Waals surface area (Å²) >= 11 is 0. The van der Waals surface area contributed by atoms with Crippen LogP contribution in [-0.4, -0.2) is 29.5 Å². The molecule has 1 N–H and O–H groups in total. The van der Waals surface area contributed by atoms with Crippen LogP contribution in [0.25, 0.3) is 0 Å². The van der Waals surface area contributed by atoms with Crippen molar-refractivity contribution in [2.45, 2.75) is 26.9 Å². The molecule has 92 valence electrons. The van der Waals surface area contributed by atoms with E-state index in [4.69, 9.17) is 6.42 Å². The van der Waals surface area contributed by atoms with Crippen LogP contribution in [0.15, 0.2) is 18.3 Å². The monoisotopic (exact) mass is 231 g/mol. The molecule has 0 saturated carbocycles. The van der Waals surface area contributed by atoms with Crippen LogP contribution in [-0.2, 0) is 13.1 Å². The van der Waals surface area contributed by atoms with Gasteiger partial charge in [-0.05, 0) is 24.7 Å². The lowest BCUT2D eigenvalue weighted by Crippen LogP contribution is -2.23. The van der Waals surface area contributed by atoms with Crippen LogP contribution >= 0.6 is 0 Å². The Morgan fingerprint density at radius 3 is 2.76 bits per heavy atom. The predicted molar refractivity (Wildman–Crippen MR) is 71.4 cm³/mol. The van der Waals surface area contributed by atoms with Gasteiger partial charge in [0.25, 0.3) is 0 Å². The first-order valence-electron chi connectivity index (χ1n) is 6.10. The van der Waals surface area contributed by atoms with Crippen molar-refractivity contribution in [3.05, 3.63) is 29.6 Å². The van der Waals surface area contributed by atoms with Crippen LogP contribution in [0.2, 0.25) is 0 Å². The van der Waals surface area contributed by atoms with E-state index in [-0.39, 0.29) is 0 Å². The number of pyridine rings is 1. The van der Waals surface area contributed by atoms with Gasteiger partial charge in [-0.1, -0.05) is 25.8 Å². The molecule has 3 nitrogen and oxygen atoms in total. The normalized spacial score (nSPS) is 10.5. The van der Waals surface area contributed by atoms with E-state index in [1.807, 2.05) is 6.20 Å². The van der Waals surface area contributed by atoms with Crippen LogP contribution < -0.4 is 5.32 Å². The lowest BCUT2D eigenvalue weighted by molar-refractivity contribution is 0.312. The van der Waals surface area contributed by atoms with Crippen molar-refractivity contribution >= 4 is 0 Å². The minimum Gasteiger partial charge on any atom is -0.313 e. The zero-order chi connectivity index (χ0) is 12.5. The molecular weight excluding hydrogens is 210 g/mol. The van der Waals surface area contributed by atoms with Gasteiger partial charge in [0.15, 0.2) is 0 Å². The fourth-order valence-corrected chi connectivity index (χ4v) is 1.56. The lowest BCUT2D eigenvalue weighted by atomic mass is 10.2. The summed E-state index contributed by atoms with van der Waals surface area (Å²) in [6.45, 7) is 8.52. The number of terminal acetylenes is 1. The van der Waals surface area contributed by atoms with Crippen LogP contribution in [0.3, 0.4) is 0 Å². The number of nitrogens with zero attached hydrogens (tertiary/aromatic N) is 2. The van der Waals surface area contributed by atoms with E-state index in [9.17, 15) is 0 Å². The molecule has 0 bridgehead atoms.